The lowest BCUT2D eigenvalue weighted by Crippen LogP contribution is -2.38. The molecule has 8 heteroatoms. The molecule has 0 radical (unpaired) electrons. The summed E-state index contributed by atoms with van der Waals surface area (Å²) in [5, 5.41) is 5.55. The minimum absolute atomic E-state index is 0.0233. The van der Waals surface area contributed by atoms with Gasteiger partial charge in [-0.1, -0.05) is 25.3 Å². The molecule has 0 saturated heterocycles. The first-order chi connectivity index (χ1) is 13.3. The fraction of sp³-hybridized carbons (Fsp3) is 0.600. The fourth-order valence-corrected chi connectivity index (χ4v) is 4.37. The van der Waals surface area contributed by atoms with E-state index in [1.54, 1.807) is 18.2 Å². The molecule has 1 fully saturated rings. The zero-order valence-corrected chi connectivity index (χ0v) is 17.5. The molecule has 1 aromatic carbocycles. The van der Waals surface area contributed by atoms with Crippen molar-refractivity contribution in [3.05, 3.63) is 29.3 Å². The van der Waals surface area contributed by atoms with Gasteiger partial charge in [0.15, 0.2) is 0 Å². The normalized spacial score (nSPS) is 15.2. The molecule has 156 valence electrons. The van der Waals surface area contributed by atoms with Crippen LogP contribution in [0.4, 0.5) is 0 Å². The van der Waals surface area contributed by atoms with E-state index in [0.717, 1.165) is 36.8 Å². The Morgan fingerprint density at radius 1 is 0.964 bits per heavy atom. The summed E-state index contributed by atoms with van der Waals surface area (Å²) in [7, 11) is -3.63. The maximum Gasteiger partial charge on any atom is 0.240 e. The number of benzene rings is 1. The smallest absolute Gasteiger partial charge is 0.240 e. The van der Waals surface area contributed by atoms with Crippen LogP contribution in [-0.2, 0) is 19.6 Å². The van der Waals surface area contributed by atoms with Gasteiger partial charge in [-0.2, -0.15) is 0 Å². The van der Waals surface area contributed by atoms with Crippen molar-refractivity contribution in [2.45, 2.75) is 57.3 Å². The molecule has 0 unspecified atom stereocenters. The largest absolute Gasteiger partial charge is 0.354 e. The number of aryl methyl sites for hydroxylation is 2. The topological polar surface area (TPSA) is 104 Å². The average molecular weight is 410 g/mol. The van der Waals surface area contributed by atoms with Crippen molar-refractivity contribution in [1.82, 2.24) is 15.4 Å². The summed E-state index contributed by atoms with van der Waals surface area (Å²) in [5.41, 5.74) is 1.92. The Morgan fingerprint density at radius 2 is 1.64 bits per heavy atom. The third-order valence-corrected chi connectivity index (χ3v) is 6.61. The lowest BCUT2D eigenvalue weighted by atomic mass is 9.89. The van der Waals surface area contributed by atoms with E-state index in [9.17, 15) is 18.0 Å². The zero-order valence-electron chi connectivity index (χ0n) is 16.7. The van der Waals surface area contributed by atoms with Gasteiger partial charge in [0.25, 0.3) is 0 Å². The van der Waals surface area contributed by atoms with Crippen LogP contribution in [0.2, 0.25) is 0 Å². The lowest BCUT2D eigenvalue weighted by Gasteiger charge is -2.20. The molecule has 2 rings (SSSR count). The van der Waals surface area contributed by atoms with Crippen molar-refractivity contribution < 1.29 is 18.0 Å². The van der Waals surface area contributed by atoms with Gasteiger partial charge in [0.2, 0.25) is 21.8 Å². The second-order valence-electron chi connectivity index (χ2n) is 7.37. The highest BCUT2D eigenvalue weighted by Gasteiger charge is 2.20. The molecule has 28 heavy (non-hydrogen) atoms. The van der Waals surface area contributed by atoms with Crippen molar-refractivity contribution in [3.63, 3.8) is 0 Å². The zero-order chi connectivity index (χ0) is 20.6. The van der Waals surface area contributed by atoms with Crippen LogP contribution >= 0.6 is 0 Å². The summed E-state index contributed by atoms with van der Waals surface area (Å²) in [6.45, 7) is 4.52. The van der Waals surface area contributed by atoms with Crippen LogP contribution in [0.1, 0.15) is 49.7 Å². The summed E-state index contributed by atoms with van der Waals surface area (Å²) < 4.78 is 27.0. The second-order valence-corrected chi connectivity index (χ2v) is 9.14. The predicted molar refractivity (Wildman–Crippen MR) is 108 cm³/mol. The van der Waals surface area contributed by atoms with E-state index in [1.165, 1.54) is 6.42 Å². The fourth-order valence-electron chi connectivity index (χ4n) is 3.25. The maximum absolute atomic E-state index is 12.3. The lowest BCUT2D eigenvalue weighted by molar-refractivity contribution is -0.126. The Morgan fingerprint density at radius 3 is 2.32 bits per heavy atom. The summed E-state index contributed by atoms with van der Waals surface area (Å²) in [5.74, 6) is -0.0888. The summed E-state index contributed by atoms with van der Waals surface area (Å²) in [4.78, 5) is 24.1. The van der Waals surface area contributed by atoms with Gasteiger partial charge in [0, 0.05) is 32.0 Å². The standard InChI is InChI=1S/C20H31N3O4S/c1-15-8-9-18(14-16(15)2)28(26,27)23-11-10-19(24)21-12-13-22-20(25)17-6-4-3-5-7-17/h8-9,14,17,23H,3-7,10-13H2,1-2H3,(H,21,24)(H,22,25). The van der Waals surface area contributed by atoms with Crippen molar-refractivity contribution in [2.75, 3.05) is 19.6 Å². The van der Waals surface area contributed by atoms with Crippen LogP contribution < -0.4 is 15.4 Å². The molecule has 3 N–H and O–H groups in total. The number of nitrogens with one attached hydrogen (secondary N) is 3. The Balaban J connectivity index is 1.64. The van der Waals surface area contributed by atoms with Crippen LogP contribution in [0.15, 0.2) is 23.1 Å². The van der Waals surface area contributed by atoms with E-state index < -0.39 is 10.0 Å². The molecule has 0 aromatic heterocycles. The molecule has 0 spiro atoms. The van der Waals surface area contributed by atoms with Gasteiger partial charge in [0.1, 0.15) is 0 Å². The molecule has 1 saturated carbocycles. The molecule has 0 aliphatic heterocycles. The van der Waals surface area contributed by atoms with E-state index in [1.807, 2.05) is 13.8 Å². The van der Waals surface area contributed by atoms with Gasteiger partial charge in [-0.15, -0.1) is 0 Å². The number of hydrogen-bond acceptors (Lipinski definition) is 4. The van der Waals surface area contributed by atoms with Crippen LogP contribution in [0, 0.1) is 19.8 Å². The predicted octanol–water partition coefficient (Wildman–Crippen LogP) is 1.78. The number of carbonyl (C=O) groups is 2. The minimum Gasteiger partial charge on any atom is -0.354 e. The van der Waals surface area contributed by atoms with Crippen molar-refractivity contribution in [2.24, 2.45) is 5.92 Å². The van der Waals surface area contributed by atoms with Crippen LogP contribution in [0.3, 0.4) is 0 Å². The molecule has 1 aliphatic carbocycles. The molecular weight excluding hydrogens is 378 g/mol. The molecule has 7 nitrogen and oxygen atoms in total. The maximum atomic E-state index is 12.3. The Hall–Kier alpha value is -1.93. The molecule has 0 bridgehead atoms. The average Bonchev–Trinajstić information content (AvgIpc) is 2.67. The van der Waals surface area contributed by atoms with Gasteiger partial charge >= 0.3 is 0 Å². The minimum atomic E-state index is -3.63. The van der Waals surface area contributed by atoms with E-state index in [2.05, 4.69) is 15.4 Å². The SMILES string of the molecule is Cc1ccc(S(=O)(=O)NCCC(=O)NCCNC(=O)C2CCCCC2)cc1C. The van der Waals surface area contributed by atoms with Crippen molar-refractivity contribution in [1.29, 1.82) is 0 Å². The number of hydrogen-bond donors (Lipinski definition) is 3. The van der Waals surface area contributed by atoms with Crippen LogP contribution in [-0.4, -0.2) is 39.9 Å². The quantitative estimate of drug-likeness (QED) is 0.541. The van der Waals surface area contributed by atoms with E-state index in [-0.39, 0.29) is 35.6 Å². The third kappa shape index (κ3) is 6.91. The first-order valence-electron chi connectivity index (χ1n) is 9.91. The van der Waals surface area contributed by atoms with E-state index in [0.29, 0.717) is 13.1 Å². The van der Waals surface area contributed by atoms with Crippen LogP contribution in [0.5, 0.6) is 0 Å². The van der Waals surface area contributed by atoms with Gasteiger partial charge in [-0.3, -0.25) is 9.59 Å². The summed E-state index contributed by atoms with van der Waals surface area (Å²) in [6, 6.07) is 4.94. The Labute approximate surface area is 167 Å². The monoisotopic (exact) mass is 409 g/mol. The van der Waals surface area contributed by atoms with E-state index >= 15 is 0 Å². The number of amides is 2. The highest BCUT2D eigenvalue weighted by Crippen LogP contribution is 2.23. The van der Waals surface area contributed by atoms with Crippen molar-refractivity contribution in [3.8, 4) is 0 Å². The third-order valence-electron chi connectivity index (χ3n) is 5.16. The number of carbonyl (C=O) groups excluding carboxylic acids is 2. The molecule has 0 atom stereocenters. The second kappa shape index (κ2) is 10.6. The highest BCUT2D eigenvalue weighted by atomic mass is 32.2. The van der Waals surface area contributed by atoms with Gasteiger partial charge in [-0.05, 0) is 49.9 Å². The van der Waals surface area contributed by atoms with E-state index in [4.69, 9.17) is 0 Å². The summed E-state index contributed by atoms with van der Waals surface area (Å²) in [6.07, 6.45) is 5.34. The van der Waals surface area contributed by atoms with Gasteiger partial charge < -0.3 is 10.6 Å². The van der Waals surface area contributed by atoms with Crippen molar-refractivity contribution >= 4 is 21.8 Å². The van der Waals surface area contributed by atoms with Gasteiger partial charge in [-0.25, -0.2) is 13.1 Å². The number of sulfonamides is 1. The number of rotatable bonds is 9. The highest BCUT2D eigenvalue weighted by molar-refractivity contribution is 7.89. The summed E-state index contributed by atoms with van der Waals surface area (Å²) >= 11 is 0. The first-order valence-corrected chi connectivity index (χ1v) is 11.4. The first kappa shape index (κ1) is 22.4. The molecule has 1 aromatic rings. The molecule has 0 heterocycles. The molecule has 1 aliphatic rings. The van der Waals surface area contributed by atoms with Crippen LogP contribution in [0.25, 0.3) is 0 Å². The van der Waals surface area contributed by atoms with Gasteiger partial charge in [0.05, 0.1) is 4.90 Å². The Kier molecular flexibility index (Phi) is 8.44. The Bertz CT molecular complexity index is 787. The molecular formula is C20H31N3O4S. The molecule has 2 amide bonds.